The van der Waals surface area contributed by atoms with Crippen LogP contribution < -0.4 is 11.1 Å². The second-order valence-electron chi connectivity index (χ2n) is 4.88. The van der Waals surface area contributed by atoms with Crippen LogP contribution in [0.3, 0.4) is 0 Å². The summed E-state index contributed by atoms with van der Waals surface area (Å²) in [7, 11) is 2.03. The van der Waals surface area contributed by atoms with Crippen molar-refractivity contribution in [1.29, 1.82) is 0 Å². The molecule has 0 unspecified atom stereocenters. The maximum atomic E-state index is 12.6. The van der Waals surface area contributed by atoms with E-state index in [1.807, 2.05) is 7.05 Å². The van der Waals surface area contributed by atoms with E-state index in [1.165, 1.54) is 0 Å². The molecule has 1 saturated heterocycles. The van der Waals surface area contributed by atoms with Crippen LogP contribution in [0.1, 0.15) is 18.5 Å². The van der Waals surface area contributed by atoms with E-state index in [9.17, 15) is 13.2 Å². The van der Waals surface area contributed by atoms with Gasteiger partial charge in [0.1, 0.15) is 5.69 Å². The molecule has 4 nitrogen and oxygen atoms in total. The van der Waals surface area contributed by atoms with Crippen LogP contribution in [0.5, 0.6) is 0 Å². The first-order valence-electron chi connectivity index (χ1n) is 6.14. The van der Waals surface area contributed by atoms with Crippen molar-refractivity contribution in [2.45, 2.75) is 25.1 Å². The van der Waals surface area contributed by atoms with E-state index in [0.29, 0.717) is 5.69 Å². The van der Waals surface area contributed by atoms with E-state index in [-0.39, 0.29) is 11.7 Å². The SMILES string of the molecule is CN1CCC(Nc2cc(C(F)(F)F)ncc2N)CC1. The van der Waals surface area contributed by atoms with Gasteiger partial charge in [-0.3, -0.25) is 0 Å². The number of aromatic nitrogens is 1. The van der Waals surface area contributed by atoms with E-state index in [1.54, 1.807) is 0 Å². The Morgan fingerprint density at radius 2 is 2.00 bits per heavy atom. The molecule has 1 aliphatic heterocycles. The lowest BCUT2D eigenvalue weighted by molar-refractivity contribution is -0.141. The fourth-order valence-electron chi connectivity index (χ4n) is 2.12. The molecule has 0 saturated carbocycles. The molecule has 0 aliphatic carbocycles. The summed E-state index contributed by atoms with van der Waals surface area (Å²) in [5.41, 5.74) is 5.31. The molecule has 1 fully saturated rings. The summed E-state index contributed by atoms with van der Waals surface area (Å²) < 4.78 is 37.8. The van der Waals surface area contributed by atoms with E-state index in [0.717, 1.165) is 38.2 Å². The van der Waals surface area contributed by atoms with Gasteiger partial charge in [-0.15, -0.1) is 0 Å². The molecular weight excluding hydrogens is 257 g/mol. The highest BCUT2D eigenvalue weighted by atomic mass is 19.4. The molecule has 2 heterocycles. The van der Waals surface area contributed by atoms with Gasteiger partial charge in [0.2, 0.25) is 0 Å². The number of piperidine rings is 1. The summed E-state index contributed by atoms with van der Waals surface area (Å²) >= 11 is 0. The zero-order chi connectivity index (χ0) is 14.0. The number of nitrogens with zero attached hydrogens (tertiary/aromatic N) is 2. The van der Waals surface area contributed by atoms with Crippen molar-refractivity contribution in [3.8, 4) is 0 Å². The smallest absolute Gasteiger partial charge is 0.396 e. The van der Waals surface area contributed by atoms with Crippen molar-refractivity contribution in [1.82, 2.24) is 9.88 Å². The number of nitrogen functional groups attached to an aromatic ring is 1. The van der Waals surface area contributed by atoms with Crippen molar-refractivity contribution >= 4 is 11.4 Å². The van der Waals surface area contributed by atoms with Crippen LogP contribution in [-0.2, 0) is 6.18 Å². The summed E-state index contributed by atoms with van der Waals surface area (Å²) in [6.45, 7) is 1.85. The number of anilines is 2. The maximum Gasteiger partial charge on any atom is 0.433 e. The lowest BCUT2D eigenvalue weighted by Crippen LogP contribution is -2.36. The Hall–Kier alpha value is -1.50. The molecule has 7 heteroatoms. The van der Waals surface area contributed by atoms with Gasteiger partial charge in [-0.2, -0.15) is 13.2 Å². The summed E-state index contributed by atoms with van der Waals surface area (Å²) in [6.07, 6.45) is -1.61. The lowest BCUT2D eigenvalue weighted by Gasteiger charge is -2.30. The minimum atomic E-state index is -4.45. The van der Waals surface area contributed by atoms with Gasteiger partial charge < -0.3 is 16.0 Å². The molecule has 0 aromatic carbocycles. The number of hydrogen-bond acceptors (Lipinski definition) is 4. The highest BCUT2D eigenvalue weighted by Crippen LogP contribution is 2.31. The number of hydrogen-bond donors (Lipinski definition) is 2. The standard InChI is InChI=1S/C12H17F3N4/c1-19-4-2-8(3-5-19)18-10-6-11(12(13,14)15)17-7-9(10)16/h6-8H,2-5,16H2,1H3,(H,17,18). The minimum absolute atomic E-state index is 0.155. The molecule has 3 N–H and O–H groups in total. The average molecular weight is 274 g/mol. The molecule has 0 amide bonds. The third kappa shape index (κ3) is 3.50. The summed E-state index contributed by atoms with van der Waals surface area (Å²) in [4.78, 5) is 5.51. The van der Waals surface area contributed by atoms with E-state index >= 15 is 0 Å². The van der Waals surface area contributed by atoms with Crippen LogP contribution in [0.15, 0.2) is 12.3 Å². The average Bonchev–Trinajstić information content (AvgIpc) is 2.33. The molecule has 1 aromatic heterocycles. The molecule has 1 aliphatic rings. The molecule has 106 valence electrons. The molecule has 2 rings (SSSR count). The summed E-state index contributed by atoms with van der Waals surface area (Å²) in [5.74, 6) is 0. The fraction of sp³-hybridized carbons (Fsp3) is 0.583. The van der Waals surface area contributed by atoms with Gasteiger partial charge in [-0.05, 0) is 39.0 Å². The number of nitrogens with one attached hydrogen (secondary N) is 1. The first kappa shape index (κ1) is 13.9. The second kappa shape index (κ2) is 5.24. The lowest BCUT2D eigenvalue weighted by atomic mass is 10.1. The van der Waals surface area contributed by atoms with E-state index < -0.39 is 11.9 Å². The van der Waals surface area contributed by atoms with Crippen molar-refractivity contribution in [3.05, 3.63) is 18.0 Å². The Labute approximate surface area is 109 Å². The third-order valence-corrected chi connectivity index (χ3v) is 3.30. The van der Waals surface area contributed by atoms with Gasteiger partial charge >= 0.3 is 6.18 Å². The number of nitrogens with two attached hydrogens (primary N) is 1. The first-order chi connectivity index (χ1) is 8.86. The fourth-order valence-corrected chi connectivity index (χ4v) is 2.12. The predicted molar refractivity (Wildman–Crippen MR) is 67.8 cm³/mol. The quantitative estimate of drug-likeness (QED) is 0.868. The van der Waals surface area contributed by atoms with Crippen LogP contribution in [-0.4, -0.2) is 36.1 Å². The topological polar surface area (TPSA) is 54.2 Å². The molecule has 0 bridgehead atoms. The Balaban J connectivity index is 2.11. The number of likely N-dealkylation sites (tertiary alicyclic amines) is 1. The van der Waals surface area contributed by atoms with Crippen molar-refractivity contribution in [2.75, 3.05) is 31.2 Å². The predicted octanol–water partition coefficient (Wildman–Crippen LogP) is 2.19. The first-order valence-corrected chi connectivity index (χ1v) is 6.14. The Morgan fingerprint density at radius 1 is 1.37 bits per heavy atom. The number of rotatable bonds is 2. The van der Waals surface area contributed by atoms with Gasteiger partial charge in [0, 0.05) is 6.04 Å². The Bertz CT molecular complexity index is 439. The number of pyridine rings is 1. The van der Waals surface area contributed by atoms with Gasteiger partial charge in [0.15, 0.2) is 0 Å². The largest absolute Gasteiger partial charge is 0.433 e. The van der Waals surface area contributed by atoms with Crippen LogP contribution >= 0.6 is 0 Å². The number of halogens is 3. The molecule has 0 spiro atoms. The van der Waals surface area contributed by atoms with Crippen LogP contribution in [0.4, 0.5) is 24.5 Å². The van der Waals surface area contributed by atoms with Gasteiger partial charge in [0.25, 0.3) is 0 Å². The molecule has 0 atom stereocenters. The molecule has 19 heavy (non-hydrogen) atoms. The van der Waals surface area contributed by atoms with Crippen LogP contribution in [0, 0.1) is 0 Å². The van der Waals surface area contributed by atoms with Crippen molar-refractivity contribution in [2.24, 2.45) is 0 Å². The zero-order valence-electron chi connectivity index (χ0n) is 10.7. The summed E-state index contributed by atoms with van der Waals surface area (Å²) in [6, 6.07) is 1.13. The summed E-state index contributed by atoms with van der Waals surface area (Å²) in [5, 5.41) is 3.09. The van der Waals surface area contributed by atoms with Gasteiger partial charge in [-0.1, -0.05) is 0 Å². The van der Waals surface area contributed by atoms with Crippen LogP contribution in [0.25, 0.3) is 0 Å². The monoisotopic (exact) mass is 274 g/mol. The van der Waals surface area contributed by atoms with Gasteiger partial charge in [-0.25, -0.2) is 4.98 Å². The van der Waals surface area contributed by atoms with Crippen LogP contribution in [0.2, 0.25) is 0 Å². The number of alkyl halides is 3. The minimum Gasteiger partial charge on any atom is -0.396 e. The van der Waals surface area contributed by atoms with E-state index in [2.05, 4.69) is 15.2 Å². The Kier molecular flexibility index (Phi) is 3.84. The normalized spacial score (nSPS) is 18.5. The molecular formula is C12H17F3N4. The highest BCUT2D eigenvalue weighted by molar-refractivity contribution is 5.65. The van der Waals surface area contributed by atoms with E-state index in [4.69, 9.17) is 5.73 Å². The second-order valence-corrected chi connectivity index (χ2v) is 4.88. The Morgan fingerprint density at radius 3 is 2.58 bits per heavy atom. The maximum absolute atomic E-state index is 12.6. The van der Waals surface area contributed by atoms with Crippen molar-refractivity contribution < 1.29 is 13.2 Å². The molecule has 0 radical (unpaired) electrons. The van der Waals surface area contributed by atoms with Gasteiger partial charge in [0.05, 0.1) is 17.6 Å². The third-order valence-electron chi connectivity index (χ3n) is 3.30. The zero-order valence-corrected chi connectivity index (χ0v) is 10.7. The highest BCUT2D eigenvalue weighted by Gasteiger charge is 2.33. The van der Waals surface area contributed by atoms with Crippen molar-refractivity contribution in [3.63, 3.8) is 0 Å². The molecule has 1 aromatic rings.